The zero-order valence-corrected chi connectivity index (χ0v) is 18.6. The van der Waals surface area contributed by atoms with Crippen LogP contribution >= 0.6 is 0 Å². The Hall–Kier alpha value is -3.65. The van der Waals surface area contributed by atoms with Crippen molar-refractivity contribution >= 4 is 38.9 Å². The number of aryl methyl sites for hydroxylation is 1. The van der Waals surface area contributed by atoms with Gasteiger partial charge in [-0.25, -0.2) is 8.42 Å². The van der Waals surface area contributed by atoms with Crippen LogP contribution in [-0.4, -0.2) is 33.0 Å². The minimum atomic E-state index is -3.54. The van der Waals surface area contributed by atoms with E-state index in [9.17, 15) is 18.0 Å². The van der Waals surface area contributed by atoms with E-state index < -0.39 is 10.0 Å². The van der Waals surface area contributed by atoms with Crippen molar-refractivity contribution in [3.63, 3.8) is 0 Å². The summed E-state index contributed by atoms with van der Waals surface area (Å²) >= 11 is 0. The molecule has 0 fully saturated rings. The third-order valence-electron chi connectivity index (χ3n) is 5.27. The van der Waals surface area contributed by atoms with Gasteiger partial charge in [0.25, 0.3) is 5.91 Å². The van der Waals surface area contributed by atoms with E-state index in [2.05, 4.69) is 5.32 Å². The van der Waals surface area contributed by atoms with Crippen LogP contribution in [0.1, 0.15) is 21.5 Å². The largest absolute Gasteiger partial charge is 0.323 e. The molecule has 2 amide bonds. The molecule has 4 rings (SSSR count). The zero-order valence-electron chi connectivity index (χ0n) is 17.8. The molecule has 0 aromatic heterocycles. The molecule has 1 aliphatic rings. The number of carbonyl (C=O) groups excluding carboxylic acids is 2. The molecule has 0 spiro atoms. The summed E-state index contributed by atoms with van der Waals surface area (Å²) in [6.07, 6.45) is 1.16. The van der Waals surface area contributed by atoms with Crippen LogP contribution in [0.2, 0.25) is 0 Å². The lowest BCUT2D eigenvalue weighted by Crippen LogP contribution is -2.42. The predicted molar refractivity (Wildman–Crippen MR) is 125 cm³/mol. The summed E-state index contributed by atoms with van der Waals surface area (Å²) < 4.78 is 26.2. The molecule has 0 aliphatic carbocycles. The van der Waals surface area contributed by atoms with Crippen molar-refractivity contribution in [1.29, 1.82) is 0 Å². The highest BCUT2D eigenvalue weighted by Crippen LogP contribution is 2.30. The van der Waals surface area contributed by atoms with Gasteiger partial charge in [0.2, 0.25) is 15.9 Å². The number of carbonyl (C=O) groups is 2. The number of hydrogen-bond acceptors (Lipinski definition) is 4. The third kappa shape index (κ3) is 4.50. The highest BCUT2D eigenvalue weighted by atomic mass is 32.2. The van der Waals surface area contributed by atoms with E-state index in [0.29, 0.717) is 22.6 Å². The van der Waals surface area contributed by atoms with Crippen LogP contribution in [0.25, 0.3) is 0 Å². The van der Waals surface area contributed by atoms with Gasteiger partial charge in [-0.3, -0.25) is 18.8 Å². The summed E-state index contributed by atoms with van der Waals surface area (Å²) in [4.78, 5) is 26.6. The second-order valence-electron chi connectivity index (χ2n) is 7.76. The Balaban J connectivity index is 1.61. The minimum absolute atomic E-state index is 0.0829. The fraction of sp³-hybridized carbons (Fsp3) is 0.167. The van der Waals surface area contributed by atoms with E-state index >= 15 is 0 Å². The lowest BCUT2D eigenvalue weighted by molar-refractivity contribution is -0.115. The Morgan fingerprint density at radius 2 is 1.66 bits per heavy atom. The lowest BCUT2D eigenvalue weighted by Gasteiger charge is -2.29. The van der Waals surface area contributed by atoms with Gasteiger partial charge < -0.3 is 5.32 Å². The van der Waals surface area contributed by atoms with Crippen LogP contribution in [0.4, 0.5) is 17.1 Å². The monoisotopic (exact) mass is 449 g/mol. The summed E-state index contributed by atoms with van der Waals surface area (Å²) in [5, 5.41) is 2.76. The van der Waals surface area contributed by atoms with Gasteiger partial charge in [-0.05, 0) is 48.9 Å². The van der Waals surface area contributed by atoms with E-state index in [1.807, 2.05) is 31.2 Å². The highest BCUT2D eigenvalue weighted by molar-refractivity contribution is 7.92. The second kappa shape index (κ2) is 8.47. The molecule has 0 saturated carbocycles. The van der Waals surface area contributed by atoms with Crippen molar-refractivity contribution < 1.29 is 18.0 Å². The molecule has 0 unspecified atom stereocenters. The van der Waals surface area contributed by atoms with Crippen molar-refractivity contribution in [2.75, 3.05) is 27.3 Å². The van der Waals surface area contributed by atoms with Gasteiger partial charge in [-0.1, -0.05) is 42.0 Å². The lowest BCUT2D eigenvalue weighted by atomic mass is 10.1. The number of nitrogens with zero attached hydrogens (tertiary/aromatic N) is 2. The molecule has 164 valence electrons. The van der Waals surface area contributed by atoms with Gasteiger partial charge in [-0.15, -0.1) is 0 Å². The summed E-state index contributed by atoms with van der Waals surface area (Å²) in [5.41, 5.74) is 3.98. The number of benzene rings is 3. The summed E-state index contributed by atoms with van der Waals surface area (Å²) in [6.45, 7) is 2.07. The maximum Gasteiger partial charge on any atom is 0.258 e. The standard InChI is InChI=1S/C24H23N3O4S/c1-17-7-9-18(10-8-17)15-27(32(2,30)31)20-13-11-19(12-14-20)24(29)26-16-23(28)25-21-5-3-4-6-22(21)26/h3-14H,15-16H2,1-2H3,(H,25,28). The van der Waals surface area contributed by atoms with Crippen LogP contribution in [0.3, 0.4) is 0 Å². The maximum absolute atomic E-state index is 13.1. The Morgan fingerprint density at radius 3 is 2.31 bits per heavy atom. The fourth-order valence-corrected chi connectivity index (χ4v) is 4.49. The summed E-state index contributed by atoms with van der Waals surface area (Å²) in [5.74, 6) is -0.599. The first-order chi connectivity index (χ1) is 15.2. The van der Waals surface area contributed by atoms with Gasteiger partial charge in [0, 0.05) is 5.56 Å². The van der Waals surface area contributed by atoms with E-state index in [1.54, 1.807) is 48.5 Å². The number of hydrogen-bond donors (Lipinski definition) is 1. The average molecular weight is 450 g/mol. The number of nitrogens with one attached hydrogen (secondary N) is 1. The van der Waals surface area contributed by atoms with Crippen molar-refractivity contribution in [3.05, 3.63) is 89.5 Å². The molecule has 8 heteroatoms. The predicted octanol–water partition coefficient (Wildman–Crippen LogP) is 3.56. The molecule has 1 aliphatic heterocycles. The van der Waals surface area contributed by atoms with Gasteiger partial charge in [0.05, 0.1) is 29.9 Å². The Kier molecular flexibility index (Phi) is 5.71. The third-order valence-corrected chi connectivity index (χ3v) is 6.41. The average Bonchev–Trinajstić information content (AvgIpc) is 2.77. The molecule has 3 aromatic rings. The van der Waals surface area contributed by atoms with Crippen LogP contribution in [0, 0.1) is 6.92 Å². The Morgan fingerprint density at radius 1 is 1.00 bits per heavy atom. The quantitative estimate of drug-likeness (QED) is 0.645. The van der Waals surface area contributed by atoms with E-state index in [0.717, 1.165) is 17.4 Å². The van der Waals surface area contributed by atoms with Crippen molar-refractivity contribution in [2.24, 2.45) is 0 Å². The second-order valence-corrected chi connectivity index (χ2v) is 9.67. The Labute approximate surface area is 187 Å². The molecular weight excluding hydrogens is 426 g/mol. The molecule has 0 bridgehead atoms. The fourth-order valence-electron chi connectivity index (χ4n) is 3.60. The smallest absolute Gasteiger partial charge is 0.258 e. The summed E-state index contributed by atoms with van der Waals surface area (Å²) in [7, 11) is -3.54. The number of amides is 2. The first-order valence-corrected chi connectivity index (χ1v) is 11.9. The van der Waals surface area contributed by atoms with Gasteiger partial charge in [0.15, 0.2) is 0 Å². The highest BCUT2D eigenvalue weighted by Gasteiger charge is 2.27. The number of fused-ring (bicyclic) bond motifs is 1. The SMILES string of the molecule is Cc1ccc(CN(c2ccc(C(=O)N3CC(=O)Nc4ccccc43)cc2)S(C)(=O)=O)cc1. The summed E-state index contributed by atoms with van der Waals surface area (Å²) in [6, 6.07) is 21.1. The number of sulfonamides is 1. The molecule has 3 aromatic carbocycles. The van der Waals surface area contributed by atoms with Crippen LogP contribution in [0.15, 0.2) is 72.8 Å². The van der Waals surface area contributed by atoms with Gasteiger partial charge in [-0.2, -0.15) is 0 Å². The van der Waals surface area contributed by atoms with Gasteiger partial charge >= 0.3 is 0 Å². The van der Waals surface area contributed by atoms with Gasteiger partial charge in [0.1, 0.15) is 6.54 Å². The Bertz CT molecular complexity index is 1270. The van der Waals surface area contributed by atoms with Crippen LogP contribution < -0.4 is 14.5 Å². The topological polar surface area (TPSA) is 86.8 Å². The molecule has 1 N–H and O–H groups in total. The molecular formula is C24H23N3O4S. The van der Waals surface area contributed by atoms with Crippen molar-refractivity contribution in [1.82, 2.24) is 0 Å². The first-order valence-electron chi connectivity index (χ1n) is 10.1. The van der Waals surface area contributed by atoms with E-state index in [4.69, 9.17) is 0 Å². The zero-order chi connectivity index (χ0) is 22.9. The molecule has 0 atom stereocenters. The number of para-hydroxylation sites is 2. The van der Waals surface area contributed by atoms with Crippen LogP contribution in [-0.2, 0) is 21.4 Å². The van der Waals surface area contributed by atoms with Crippen molar-refractivity contribution in [2.45, 2.75) is 13.5 Å². The number of anilines is 3. The molecule has 7 nitrogen and oxygen atoms in total. The number of rotatable bonds is 5. The minimum Gasteiger partial charge on any atom is -0.323 e. The van der Waals surface area contributed by atoms with E-state index in [1.165, 1.54) is 9.21 Å². The maximum atomic E-state index is 13.1. The van der Waals surface area contributed by atoms with Crippen LogP contribution in [0.5, 0.6) is 0 Å². The molecule has 32 heavy (non-hydrogen) atoms. The van der Waals surface area contributed by atoms with Crippen molar-refractivity contribution in [3.8, 4) is 0 Å². The van der Waals surface area contributed by atoms with E-state index in [-0.39, 0.29) is 24.9 Å². The molecule has 0 saturated heterocycles. The first kappa shape index (κ1) is 21.6. The molecule has 0 radical (unpaired) electrons. The molecule has 1 heterocycles. The normalized spacial score (nSPS) is 13.3.